The zero-order chi connectivity index (χ0) is 9.26. The lowest BCUT2D eigenvalue weighted by molar-refractivity contribution is 0.642. The summed E-state index contributed by atoms with van der Waals surface area (Å²) in [6.45, 7) is 3.25. The van der Waals surface area contributed by atoms with Crippen molar-refractivity contribution in [2.75, 3.05) is 17.3 Å². The molecule has 1 unspecified atom stereocenters. The normalized spacial score (nSPS) is 22.2. The van der Waals surface area contributed by atoms with E-state index in [0.717, 1.165) is 17.9 Å². The SMILES string of the molecule is CC1CCN(c2cccc(N)c2)N1. The van der Waals surface area contributed by atoms with Crippen LogP contribution in [0.2, 0.25) is 0 Å². The van der Waals surface area contributed by atoms with Crippen molar-refractivity contribution in [2.45, 2.75) is 19.4 Å². The Hall–Kier alpha value is -1.22. The van der Waals surface area contributed by atoms with Crippen molar-refractivity contribution in [1.29, 1.82) is 0 Å². The maximum Gasteiger partial charge on any atom is 0.0540 e. The highest BCUT2D eigenvalue weighted by atomic mass is 15.5. The fourth-order valence-electron chi connectivity index (χ4n) is 1.61. The second-order valence-electron chi connectivity index (χ2n) is 3.57. The lowest BCUT2D eigenvalue weighted by Crippen LogP contribution is -2.34. The van der Waals surface area contributed by atoms with Crippen molar-refractivity contribution < 1.29 is 0 Å². The maximum atomic E-state index is 5.71. The Morgan fingerprint density at radius 1 is 1.54 bits per heavy atom. The third-order valence-electron chi connectivity index (χ3n) is 2.34. The highest BCUT2D eigenvalue weighted by Gasteiger charge is 2.17. The molecule has 3 heteroatoms. The number of hydrogen-bond acceptors (Lipinski definition) is 3. The summed E-state index contributed by atoms with van der Waals surface area (Å²) in [7, 11) is 0. The number of benzene rings is 1. The molecule has 1 heterocycles. The number of hydrogen-bond donors (Lipinski definition) is 2. The van der Waals surface area contributed by atoms with E-state index in [2.05, 4.69) is 23.4 Å². The van der Waals surface area contributed by atoms with Gasteiger partial charge in [0, 0.05) is 18.3 Å². The van der Waals surface area contributed by atoms with Gasteiger partial charge in [0.1, 0.15) is 0 Å². The zero-order valence-corrected chi connectivity index (χ0v) is 7.83. The van der Waals surface area contributed by atoms with Crippen LogP contribution in [0.1, 0.15) is 13.3 Å². The Kier molecular flexibility index (Phi) is 2.10. The van der Waals surface area contributed by atoms with Gasteiger partial charge >= 0.3 is 0 Å². The van der Waals surface area contributed by atoms with E-state index in [1.807, 2.05) is 18.2 Å². The molecule has 1 aliphatic rings. The minimum Gasteiger partial charge on any atom is -0.399 e. The summed E-state index contributed by atoms with van der Waals surface area (Å²) in [6.07, 6.45) is 1.19. The Morgan fingerprint density at radius 2 is 2.38 bits per heavy atom. The van der Waals surface area contributed by atoms with Crippen molar-refractivity contribution in [1.82, 2.24) is 5.43 Å². The molecule has 1 atom stereocenters. The van der Waals surface area contributed by atoms with Gasteiger partial charge in [0.2, 0.25) is 0 Å². The Labute approximate surface area is 78.5 Å². The van der Waals surface area contributed by atoms with Crippen LogP contribution in [0.25, 0.3) is 0 Å². The van der Waals surface area contributed by atoms with Gasteiger partial charge in [-0.25, -0.2) is 5.43 Å². The third kappa shape index (κ3) is 1.75. The molecule has 0 radical (unpaired) electrons. The topological polar surface area (TPSA) is 41.3 Å². The first-order chi connectivity index (χ1) is 6.25. The van der Waals surface area contributed by atoms with Gasteiger partial charge in [-0.1, -0.05) is 6.07 Å². The van der Waals surface area contributed by atoms with Gasteiger partial charge < -0.3 is 10.7 Å². The molecule has 1 aromatic carbocycles. The number of hydrazine groups is 1. The quantitative estimate of drug-likeness (QED) is 0.637. The van der Waals surface area contributed by atoms with Gasteiger partial charge in [-0.3, -0.25) is 0 Å². The second kappa shape index (κ2) is 3.26. The number of nitrogens with two attached hydrogens (primary N) is 1. The lowest BCUT2D eigenvalue weighted by atomic mass is 10.2. The van der Waals surface area contributed by atoms with Crippen LogP contribution in [0, 0.1) is 0 Å². The van der Waals surface area contributed by atoms with Gasteiger partial charge in [0.05, 0.1) is 5.69 Å². The van der Waals surface area contributed by atoms with Crippen molar-refractivity contribution in [2.24, 2.45) is 0 Å². The maximum absolute atomic E-state index is 5.71. The van der Waals surface area contributed by atoms with Crippen LogP contribution < -0.4 is 16.2 Å². The zero-order valence-electron chi connectivity index (χ0n) is 7.83. The van der Waals surface area contributed by atoms with E-state index < -0.39 is 0 Å². The van der Waals surface area contributed by atoms with Crippen molar-refractivity contribution in [3.05, 3.63) is 24.3 Å². The monoisotopic (exact) mass is 177 g/mol. The van der Waals surface area contributed by atoms with Crippen molar-refractivity contribution in [3.63, 3.8) is 0 Å². The molecule has 0 aliphatic carbocycles. The molecule has 1 fully saturated rings. The van der Waals surface area contributed by atoms with Crippen LogP contribution in [0.3, 0.4) is 0 Å². The van der Waals surface area contributed by atoms with Gasteiger partial charge in [0.25, 0.3) is 0 Å². The minimum atomic E-state index is 0.571. The molecular weight excluding hydrogens is 162 g/mol. The van der Waals surface area contributed by atoms with Crippen molar-refractivity contribution >= 4 is 11.4 Å². The molecule has 0 aromatic heterocycles. The van der Waals surface area contributed by atoms with E-state index in [0.29, 0.717) is 6.04 Å². The molecule has 1 aliphatic heterocycles. The van der Waals surface area contributed by atoms with E-state index in [9.17, 15) is 0 Å². The Bertz CT molecular complexity index is 298. The number of nitrogen functional groups attached to an aromatic ring is 1. The molecule has 1 aromatic rings. The van der Waals surface area contributed by atoms with Crippen LogP contribution in [0.4, 0.5) is 11.4 Å². The average molecular weight is 177 g/mol. The summed E-state index contributed by atoms with van der Waals surface area (Å²) in [4.78, 5) is 0. The summed E-state index contributed by atoms with van der Waals surface area (Å²) >= 11 is 0. The summed E-state index contributed by atoms with van der Waals surface area (Å²) < 4.78 is 0. The highest BCUT2D eigenvalue weighted by Crippen LogP contribution is 2.19. The first-order valence-electron chi connectivity index (χ1n) is 4.65. The molecular formula is C10H15N3. The molecule has 1 saturated heterocycles. The number of nitrogens with one attached hydrogen (secondary N) is 1. The third-order valence-corrected chi connectivity index (χ3v) is 2.34. The summed E-state index contributed by atoms with van der Waals surface area (Å²) in [5.74, 6) is 0. The number of rotatable bonds is 1. The minimum absolute atomic E-state index is 0.571. The number of nitrogens with zero attached hydrogens (tertiary/aromatic N) is 1. The Morgan fingerprint density at radius 3 is 3.00 bits per heavy atom. The van der Waals surface area contributed by atoms with E-state index >= 15 is 0 Å². The van der Waals surface area contributed by atoms with Crippen LogP contribution in [-0.4, -0.2) is 12.6 Å². The first-order valence-corrected chi connectivity index (χ1v) is 4.65. The van der Waals surface area contributed by atoms with E-state index in [1.165, 1.54) is 6.42 Å². The summed E-state index contributed by atoms with van der Waals surface area (Å²) in [5, 5.41) is 2.15. The van der Waals surface area contributed by atoms with E-state index in [-0.39, 0.29) is 0 Å². The largest absolute Gasteiger partial charge is 0.399 e. The molecule has 3 N–H and O–H groups in total. The van der Waals surface area contributed by atoms with Gasteiger partial charge in [-0.05, 0) is 31.5 Å². The van der Waals surface area contributed by atoms with Crippen molar-refractivity contribution in [3.8, 4) is 0 Å². The van der Waals surface area contributed by atoms with E-state index in [4.69, 9.17) is 5.73 Å². The van der Waals surface area contributed by atoms with Crippen LogP contribution in [0.5, 0.6) is 0 Å². The molecule has 0 amide bonds. The van der Waals surface area contributed by atoms with Gasteiger partial charge in [-0.2, -0.15) is 0 Å². The lowest BCUT2D eigenvalue weighted by Gasteiger charge is -2.19. The fraction of sp³-hybridized carbons (Fsp3) is 0.400. The molecule has 0 spiro atoms. The summed E-state index contributed by atoms with van der Waals surface area (Å²) in [5.41, 5.74) is 11.1. The van der Waals surface area contributed by atoms with Gasteiger partial charge in [-0.15, -0.1) is 0 Å². The standard InChI is InChI=1S/C10H15N3/c1-8-5-6-13(12-8)10-4-2-3-9(11)7-10/h2-4,7-8,12H,5-6,11H2,1H3. The Balaban J connectivity index is 2.16. The smallest absolute Gasteiger partial charge is 0.0540 e. The highest BCUT2D eigenvalue weighted by molar-refractivity contribution is 5.55. The van der Waals surface area contributed by atoms with Crippen LogP contribution in [0.15, 0.2) is 24.3 Å². The molecule has 2 rings (SSSR count). The number of anilines is 2. The summed E-state index contributed by atoms with van der Waals surface area (Å²) in [6, 6.07) is 8.52. The van der Waals surface area contributed by atoms with Gasteiger partial charge in [0.15, 0.2) is 0 Å². The average Bonchev–Trinajstić information content (AvgIpc) is 2.52. The predicted molar refractivity (Wildman–Crippen MR) is 55.4 cm³/mol. The van der Waals surface area contributed by atoms with Crippen LogP contribution >= 0.6 is 0 Å². The first kappa shape index (κ1) is 8.38. The van der Waals surface area contributed by atoms with E-state index in [1.54, 1.807) is 0 Å². The fourth-order valence-corrected chi connectivity index (χ4v) is 1.61. The molecule has 0 bridgehead atoms. The second-order valence-corrected chi connectivity index (χ2v) is 3.57. The molecule has 70 valence electrons. The predicted octanol–water partition coefficient (Wildman–Crippen LogP) is 1.37. The van der Waals surface area contributed by atoms with Crippen LogP contribution in [-0.2, 0) is 0 Å². The molecule has 3 nitrogen and oxygen atoms in total. The molecule has 13 heavy (non-hydrogen) atoms. The molecule has 0 saturated carbocycles.